The summed E-state index contributed by atoms with van der Waals surface area (Å²) < 4.78 is 32.4. The van der Waals surface area contributed by atoms with Crippen LogP contribution in [0.1, 0.15) is 18.9 Å². The number of benzene rings is 2. The number of nitrogens with one attached hydrogen (secondary N) is 1. The Morgan fingerprint density at radius 1 is 1.14 bits per heavy atom. The van der Waals surface area contributed by atoms with Crippen LogP contribution in [0.15, 0.2) is 64.0 Å². The first-order chi connectivity index (χ1) is 13.2. The number of carboxylic acids is 1. The van der Waals surface area contributed by atoms with Gasteiger partial charge in [-0.3, -0.25) is 4.79 Å². The normalized spacial score (nSPS) is 13.6. The Morgan fingerprint density at radius 3 is 2.29 bits per heavy atom. The lowest BCUT2D eigenvalue weighted by Gasteiger charge is -2.24. The molecule has 8 heteroatoms. The lowest BCUT2D eigenvalue weighted by Crippen LogP contribution is -2.40. The van der Waals surface area contributed by atoms with Gasteiger partial charge < -0.3 is 15.3 Å². The minimum absolute atomic E-state index is 0.0154. The Kier molecular flexibility index (Phi) is 7.91. The van der Waals surface area contributed by atoms with Crippen molar-refractivity contribution in [2.75, 3.05) is 6.61 Å². The topological polar surface area (TPSA) is 105 Å². The zero-order chi connectivity index (χ0) is 20.7. The molecule has 2 rings (SSSR count). The Labute approximate surface area is 173 Å². The van der Waals surface area contributed by atoms with E-state index >= 15 is 0 Å². The highest BCUT2D eigenvalue weighted by atomic mass is 79.9. The molecule has 0 saturated carbocycles. The summed E-state index contributed by atoms with van der Waals surface area (Å²) >= 11 is 3.24. The Hall–Kier alpha value is -2.03. The highest BCUT2D eigenvalue weighted by Gasteiger charge is 2.41. The van der Waals surface area contributed by atoms with E-state index in [4.69, 9.17) is 10.1 Å². The van der Waals surface area contributed by atoms with E-state index < -0.39 is 27.0 Å². The van der Waals surface area contributed by atoms with Gasteiger partial charge in [0.15, 0.2) is 15.1 Å². The zero-order valence-electron chi connectivity index (χ0n) is 15.3. The molecule has 0 amide bonds. The Bertz CT molecular complexity index is 913. The third kappa shape index (κ3) is 5.98. The minimum atomic E-state index is -4.15. The summed E-state index contributed by atoms with van der Waals surface area (Å²) in [5.74, 6) is -2.33. The highest BCUT2D eigenvalue weighted by Crippen LogP contribution is 2.26. The molecule has 6 nitrogen and oxygen atoms in total. The van der Waals surface area contributed by atoms with Crippen molar-refractivity contribution >= 4 is 37.4 Å². The summed E-state index contributed by atoms with van der Waals surface area (Å²) in [5.41, 5.74) is 1.10. The van der Waals surface area contributed by atoms with Crippen molar-refractivity contribution < 1.29 is 23.1 Å². The zero-order valence-corrected chi connectivity index (χ0v) is 17.7. The van der Waals surface area contributed by atoms with E-state index in [1.54, 1.807) is 12.1 Å². The average molecular weight is 468 g/mol. The van der Waals surface area contributed by atoms with Crippen LogP contribution >= 0.6 is 15.9 Å². The van der Waals surface area contributed by atoms with Crippen molar-refractivity contribution in [3.05, 3.63) is 64.6 Å². The first kappa shape index (κ1) is 22.3. The number of hydrogen-bond acceptors (Lipinski definition) is 5. The summed E-state index contributed by atoms with van der Waals surface area (Å²) in [7, 11) is -4.15. The summed E-state index contributed by atoms with van der Waals surface area (Å²) in [6.07, 6.45) is 0.0154. The molecule has 0 aliphatic heterocycles. The highest BCUT2D eigenvalue weighted by molar-refractivity contribution is 9.10. The van der Waals surface area contributed by atoms with E-state index in [1.807, 2.05) is 30.3 Å². The Balaban J connectivity index is 2.26. The van der Waals surface area contributed by atoms with Gasteiger partial charge in [-0.15, -0.1) is 0 Å². The number of hydrogen-bond donors (Lipinski definition) is 2. The van der Waals surface area contributed by atoms with Gasteiger partial charge in [-0.25, -0.2) is 8.42 Å². The fourth-order valence-corrected chi connectivity index (χ4v) is 4.93. The molecule has 0 fully saturated rings. The molecule has 2 unspecified atom stereocenters. The molecule has 0 radical (unpaired) electrons. The van der Waals surface area contributed by atoms with Gasteiger partial charge in [-0.2, -0.15) is 0 Å². The van der Waals surface area contributed by atoms with Crippen LogP contribution < -0.4 is 0 Å². The van der Waals surface area contributed by atoms with Crippen LogP contribution in [0, 0.1) is 11.3 Å². The van der Waals surface area contributed by atoms with E-state index in [9.17, 15) is 18.3 Å². The van der Waals surface area contributed by atoms with Crippen molar-refractivity contribution in [3.63, 3.8) is 0 Å². The molecule has 2 aromatic rings. The monoisotopic (exact) mass is 467 g/mol. The van der Waals surface area contributed by atoms with E-state index in [1.165, 1.54) is 19.1 Å². The molecule has 150 valence electrons. The van der Waals surface area contributed by atoms with Gasteiger partial charge in [-0.05, 0) is 43.2 Å². The van der Waals surface area contributed by atoms with Gasteiger partial charge in [0, 0.05) is 16.1 Å². The van der Waals surface area contributed by atoms with Crippen LogP contribution in [0.25, 0.3) is 0 Å². The SMILES string of the molecule is CC(=N)CC(COCc1ccccc1)C(C(=O)O)S(=O)(=O)c1ccc(Br)cc1. The van der Waals surface area contributed by atoms with Crippen LogP contribution in [0.2, 0.25) is 0 Å². The molecule has 0 spiro atoms. The molecule has 28 heavy (non-hydrogen) atoms. The van der Waals surface area contributed by atoms with Gasteiger partial charge in [0.1, 0.15) is 0 Å². The minimum Gasteiger partial charge on any atom is -0.480 e. The molecule has 2 aromatic carbocycles. The van der Waals surface area contributed by atoms with Crippen LogP contribution in [0.4, 0.5) is 0 Å². The van der Waals surface area contributed by atoms with Crippen LogP contribution in [-0.2, 0) is 26.0 Å². The maximum atomic E-state index is 13.0. The molecule has 0 aromatic heterocycles. The number of aliphatic carboxylic acids is 1. The maximum absolute atomic E-state index is 13.0. The second kappa shape index (κ2) is 9.95. The van der Waals surface area contributed by atoms with E-state index in [2.05, 4.69) is 15.9 Å². The van der Waals surface area contributed by atoms with Crippen LogP contribution in [0.3, 0.4) is 0 Å². The number of ether oxygens (including phenoxy) is 1. The molecule has 0 heterocycles. The predicted octanol–water partition coefficient (Wildman–Crippen LogP) is 3.94. The lowest BCUT2D eigenvalue weighted by molar-refractivity contribution is -0.138. The summed E-state index contributed by atoms with van der Waals surface area (Å²) in [6.45, 7) is 1.67. The van der Waals surface area contributed by atoms with Gasteiger partial charge in [-0.1, -0.05) is 46.3 Å². The maximum Gasteiger partial charge on any atom is 0.322 e. The van der Waals surface area contributed by atoms with Gasteiger partial charge in [0.25, 0.3) is 0 Å². The van der Waals surface area contributed by atoms with Crippen molar-refractivity contribution in [2.45, 2.75) is 30.1 Å². The standard InChI is InChI=1S/C20H22BrNO5S/c1-14(22)11-16(13-27-12-15-5-3-2-4-6-15)19(20(23)24)28(25,26)18-9-7-17(21)8-10-18/h2-10,16,19,22H,11-13H2,1H3,(H,23,24). The molecule has 2 N–H and O–H groups in total. The predicted molar refractivity (Wildman–Crippen MR) is 110 cm³/mol. The fraction of sp³-hybridized carbons (Fsp3) is 0.300. The number of halogens is 1. The Morgan fingerprint density at radius 2 is 1.75 bits per heavy atom. The molecule has 0 aliphatic rings. The number of carbonyl (C=O) groups is 1. The molecule has 2 atom stereocenters. The average Bonchev–Trinajstić information content (AvgIpc) is 2.62. The summed E-state index contributed by atoms with van der Waals surface area (Å²) in [5, 5.41) is 15.8. The van der Waals surface area contributed by atoms with Crippen LogP contribution in [-0.4, -0.2) is 37.1 Å². The molecule has 0 bridgehead atoms. The van der Waals surface area contributed by atoms with Gasteiger partial charge in [0.05, 0.1) is 18.1 Å². The van der Waals surface area contributed by atoms with E-state index in [-0.39, 0.29) is 30.2 Å². The molecular formula is C20H22BrNO5S. The van der Waals surface area contributed by atoms with Crippen LogP contribution in [0.5, 0.6) is 0 Å². The number of carboxylic acid groups (broad SMARTS) is 1. The van der Waals surface area contributed by atoms with Gasteiger partial charge >= 0.3 is 5.97 Å². The van der Waals surface area contributed by atoms with Crippen molar-refractivity contribution in [2.24, 2.45) is 5.92 Å². The van der Waals surface area contributed by atoms with Gasteiger partial charge in [0.2, 0.25) is 0 Å². The smallest absolute Gasteiger partial charge is 0.322 e. The third-order valence-electron chi connectivity index (χ3n) is 4.16. The summed E-state index contributed by atoms with van der Waals surface area (Å²) in [4.78, 5) is 11.9. The number of rotatable bonds is 10. The van der Waals surface area contributed by atoms with Crippen molar-refractivity contribution in [1.29, 1.82) is 5.41 Å². The second-order valence-corrected chi connectivity index (χ2v) is 9.49. The van der Waals surface area contributed by atoms with E-state index in [0.717, 1.165) is 5.56 Å². The first-order valence-electron chi connectivity index (χ1n) is 8.59. The molecule has 0 saturated heterocycles. The second-order valence-electron chi connectivity index (χ2n) is 6.50. The van der Waals surface area contributed by atoms with Crippen molar-refractivity contribution in [3.8, 4) is 0 Å². The van der Waals surface area contributed by atoms with E-state index in [0.29, 0.717) is 4.47 Å². The lowest BCUT2D eigenvalue weighted by atomic mass is 9.99. The third-order valence-corrected chi connectivity index (χ3v) is 6.87. The first-order valence-corrected chi connectivity index (χ1v) is 10.9. The fourth-order valence-electron chi connectivity index (χ4n) is 2.91. The summed E-state index contributed by atoms with van der Waals surface area (Å²) in [6, 6.07) is 15.2. The quantitative estimate of drug-likeness (QED) is 0.514. The molecular weight excluding hydrogens is 446 g/mol. The largest absolute Gasteiger partial charge is 0.480 e. The number of sulfone groups is 1. The molecule has 0 aliphatic carbocycles. The van der Waals surface area contributed by atoms with Crippen molar-refractivity contribution in [1.82, 2.24) is 0 Å².